The van der Waals surface area contributed by atoms with Crippen molar-refractivity contribution in [2.45, 2.75) is 4.90 Å². The minimum Gasteiger partial charge on any atom is -0.260 e. The summed E-state index contributed by atoms with van der Waals surface area (Å²) < 4.78 is 25.9. The van der Waals surface area contributed by atoms with Crippen LogP contribution in [0.3, 0.4) is 0 Å². The maximum Gasteiger partial charge on any atom is 0.265 e. The lowest BCUT2D eigenvalue weighted by Gasteiger charge is -2.18. The molecule has 2 radical (unpaired) electrons. The van der Waals surface area contributed by atoms with Crippen molar-refractivity contribution < 1.29 is 8.42 Å². The number of benzene rings is 1. The fraction of sp³-hybridized carbons (Fsp3) is 0.300. The van der Waals surface area contributed by atoms with Gasteiger partial charge in [-0.25, -0.2) is 12.7 Å². The van der Waals surface area contributed by atoms with Crippen LogP contribution in [0.4, 0.5) is 0 Å². The molecule has 0 fully saturated rings. The Labute approximate surface area is 107 Å². The van der Waals surface area contributed by atoms with E-state index in [0.29, 0.717) is 23.7 Å². The molecular weight excluding hydrogens is 255 g/mol. The molecule has 0 unspecified atom stereocenters. The Kier molecular flexibility index (Phi) is 3.49. The molecule has 1 aromatic rings. The standard InChI is InChI=1S/C10H11BN2O2S2/c1-16-10-12-6-7-13(10)17(14,15)9-4-2-8(11)3-5-9/h2-5H,6-7H2,1H3. The number of aliphatic imine (C=N–C) groups is 1. The van der Waals surface area contributed by atoms with Crippen LogP contribution in [0.15, 0.2) is 34.2 Å². The first-order valence-corrected chi connectivity index (χ1v) is 7.69. The van der Waals surface area contributed by atoms with Gasteiger partial charge in [0, 0.05) is 0 Å². The smallest absolute Gasteiger partial charge is 0.260 e. The van der Waals surface area contributed by atoms with E-state index in [-0.39, 0.29) is 4.90 Å². The van der Waals surface area contributed by atoms with Crippen molar-refractivity contribution in [2.75, 3.05) is 19.3 Å². The summed E-state index contributed by atoms with van der Waals surface area (Å²) in [6.45, 7) is 0.924. The number of hydrogen-bond donors (Lipinski definition) is 0. The Hall–Kier alpha value is -0.945. The molecule has 0 bridgehead atoms. The molecule has 1 aliphatic rings. The lowest BCUT2D eigenvalue weighted by Crippen LogP contribution is -2.32. The van der Waals surface area contributed by atoms with Crippen molar-refractivity contribution in [2.24, 2.45) is 4.99 Å². The van der Waals surface area contributed by atoms with Gasteiger partial charge < -0.3 is 0 Å². The molecule has 0 spiro atoms. The van der Waals surface area contributed by atoms with Crippen LogP contribution in [-0.4, -0.2) is 45.1 Å². The molecule has 1 aromatic carbocycles. The van der Waals surface area contributed by atoms with Crippen LogP contribution in [0.1, 0.15) is 0 Å². The molecule has 7 heteroatoms. The minimum absolute atomic E-state index is 0.246. The first-order chi connectivity index (χ1) is 8.05. The van der Waals surface area contributed by atoms with Crippen LogP contribution >= 0.6 is 11.8 Å². The summed E-state index contributed by atoms with van der Waals surface area (Å²) in [5.41, 5.74) is 0.545. The highest BCUT2D eigenvalue weighted by Crippen LogP contribution is 2.21. The van der Waals surface area contributed by atoms with Gasteiger partial charge in [0.15, 0.2) is 5.17 Å². The summed E-state index contributed by atoms with van der Waals surface area (Å²) in [6, 6.07) is 6.19. The van der Waals surface area contributed by atoms with Gasteiger partial charge in [-0.1, -0.05) is 29.4 Å². The maximum atomic E-state index is 12.3. The molecule has 88 valence electrons. The van der Waals surface area contributed by atoms with E-state index in [9.17, 15) is 8.42 Å². The van der Waals surface area contributed by atoms with Gasteiger partial charge >= 0.3 is 0 Å². The van der Waals surface area contributed by atoms with E-state index in [1.807, 2.05) is 6.26 Å². The lowest BCUT2D eigenvalue weighted by molar-refractivity contribution is 0.540. The van der Waals surface area contributed by atoms with Crippen molar-refractivity contribution in [3.63, 3.8) is 0 Å². The summed E-state index contributed by atoms with van der Waals surface area (Å²) in [5, 5.41) is 0.543. The number of thioether (sulfide) groups is 1. The van der Waals surface area contributed by atoms with Gasteiger partial charge in [0.25, 0.3) is 10.0 Å². The van der Waals surface area contributed by atoms with Crippen molar-refractivity contribution >= 4 is 40.3 Å². The normalized spacial score (nSPS) is 16.1. The summed E-state index contributed by atoms with van der Waals surface area (Å²) in [7, 11) is 2.05. The third-order valence-electron chi connectivity index (χ3n) is 2.41. The SMILES string of the molecule is [B]c1ccc(S(=O)(=O)N2CCN=C2SC)cc1. The van der Waals surface area contributed by atoms with E-state index >= 15 is 0 Å². The average Bonchev–Trinajstić information content (AvgIpc) is 2.78. The summed E-state index contributed by atoms with van der Waals surface area (Å²) >= 11 is 1.34. The van der Waals surface area contributed by atoms with E-state index in [2.05, 4.69) is 4.99 Å². The van der Waals surface area contributed by atoms with Crippen molar-refractivity contribution in [3.05, 3.63) is 24.3 Å². The molecule has 2 rings (SSSR count). The molecule has 0 amide bonds. The van der Waals surface area contributed by atoms with Gasteiger partial charge in [0.1, 0.15) is 7.85 Å². The van der Waals surface area contributed by atoms with E-state index in [0.717, 1.165) is 0 Å². The van der Waals surface area contributed by atoms with Crippen LogP contribution in [0, 0.1) is 0 Å². The van der Waals surface area contributed by atoms with Crippen LogP contribution in [0.5, 0.6) is 0 Å². The predicted octanol–water partition coefficient (Wildman–Crippen LogP) is 0.204. The highest BCUT2D eigenvalue weighted by Gasteiger charge is 2.29. The molecule has 0 atom stereocenters. The van der Waals surface area contributed by atoms with E-state index < -0.39 is 10.0 Å². The average molecular weight is 266 g/mol. The first kappa shape index (κ1) is 12.5. The van der Waals surface area contributed by atoms with E-state index in [4.69, 9.17) is 7.85 Å². The van der Waals surface area contributed by atoms with Gasteiger partial charge in [0.05, 0.1) is 18.0 Å². The molecule has 4 nitrogen and oxygen atoms in total. The quantitative estimate of drug-likeness (QED) is 0.719. The van der Waals surface area contributed by atoms with Gasteiger partial charge in [-0.05, 0) is 18.4 Å². The highest BCUT2D eigenvalue weighted by atomic mass is 32.2. The molecule has 0 aliphatic carbocycles. The van der Waals surface area contributed by atoms with E-state index in [1.165, 1.54) is 28.2 Å². The molecule has 0 aromatic heterocycles. The summed E-state index contributed by atoms with van der Waals surface area (Å²) in [6.07, 6.45) is 1.82. The van der Waals surface area contributed by atoms with Crippen LogP contribution in [-0.2, 0) is 10.0 Å². The third-order valence-corrected chi connectivity index (χ3v) is 5.05. The van der Waals surface area contributed by atoms with Gasteiger partial charge in [0.2, 0.25) is 0 Å². The minimum atomic E-state index is -3.49. The van der Waals surface area contributed by atoms with Crippen molar-refractivity contribution in [1.29, 1.82) is 0 Å². The van der Waals surface area contributed by atoms with Gasteiger partial charge in [-0.3, -0.25) is 4.99 Å². The largest absolute Gasteiger partial charge is 0.265 e. The number of hydrogen-bond acceptors (Lipinski definition) is 4. The fourth-order valence-corrected chi connectivity index (χ4v) is 3.92. The Bertz CT molecular complexity index is 540. The third kappa shape index (κ3) is 2.35. The second-order valence-corrected chi connectivity index (χ2v) is 6.15. The Balaban J connectivity index is 2.37. The second kappa shape index (κ2) is 4.74. The number of sulfonamides is 1. The summed E-state index contributed by atoms with van der Waals surface area (Å²) in [4.78, 5) is 4.39. The molecule has 17 heavy (non-hydrogen) atoms. The molecule has 1 aliphatic heterocycles. The topological polar surface area (TPSA) is 49.7 Å². The highest BCUT2D eigenvalue weighted by molar-refractivity contribution is 8.14. The predicted molar refractivity (Wildman–Crippen MR) is 71.5 cm³/mol. The second-order valence-electron chi connectivity index (χ2n) is 3.51. The maximum absolute atomic E-state index is 12.3. The van der Waals surface area contributed by atoms with Gasteiger partial charge in [-0.15, -0.1) is 0 Å². The fourth-order valence-electron chi connectivity index (χ4n) is 1.57. The monoisotopic (exact) mass is 266 g/mol. The zero-order valence-electron chi connectivity index (χ0n) is 9.33. The zero-order chi connectivity index (χ0) is 12.5. The number of amidine groups is 1. The molecular formula is C10H11BN2O2S2. The Morgan fingerprint density at radius 3 is 2.59 bits per heavy atom. The number of nitrogens with zero attached hydrogens (tertiary/aromatic N) is 2. The van der Waals surface area contributed by atoms with Crippen LogP contribution in [0.25, 0.3) is 0 Å². The van der Waals surface area contributed by atoms with Crippen LogP contribution < -0.4 is 5.46 Å². The molecule has 0 saturated heterocycles. The van der Waals surface area contributed by atoms with Crippen molar-refractivity contribution in [3.8, 4) is 0 Å². The van der Waals surface area contributed by atoms with E-state index in [1.54, 1.807) is 12.1 Å². The Morgan fingerprint density at radius 1 is 1.35 bits per heavy atom. The lowest BCUT2D eigenvalue weighted by atomic mass is 9.97. The molecule has 0 saturated carbocycles. The Morgan fingerprint density at radius 2 is 2.00 bits per heavy atom. The molecule has 1 heterocycles. The first-order valence-electron chi connectivity index (χ1n) is 5.02. The van der Waals surface area contributed by atoms with Gasteiger partial charge in [-0.2, -0.15) is 0 Å². The van der Waals surface area contributed by atoms with Crippen LogP contribution in [0.2, 0.25) is 0 Å². The number of rotatable bonds is 2. The zero-order valence-corrected chi connectivity index (χ0v) is 11.0. The molecule has 0 N–H and O–H groups in total. The van der Waals surface area contributed by atoms with Crippen molar-refractivity contribution in [1.82, 2.24) is 4.31 Å². The summed E-state index contributed by atoms with van der Waals surface area (Å²) in [5.74, 6) is 0.